The van der Waals surface area contributed by atoms with E-state index in [0.717, 1.165) is 40.3 Å². The van der Waals surface area contributed by atoms with Crippen molar-refractivity contribution in [2.24, 2.45) is 0 Å². The fourth-order valence-electron chi connectivity index (χ4n) is 2.37. The number of fused-ring (bicyclic) bond motifs is 1. The van der Waals surface area contributed by atoms with Crippen LogP contribution in [0.15, 0.2) is 47.5 Å². The molecule has 1 N–H and O–H groups in total. The third kappa shape index (κ3) is 2.64. The number of thioether (sulfide) groups is 1. The number of amides is 2. The van der Waals surface area contributed by atoms with E-state index in [0.29, 0.717) is 4.91 Å². The third-order valence-electron chi connectivity index (χ3n) is 3.19. The quantitative estimate of drug-likeness (QED) is 0.696. The summed E-state index contributed by atoms with van der Waals surface area (Å²) < 4.78 is 2.10. The molecule has 1 aromatic carbocycles. The number of imide groups is 1. The highest BCUT2D eigenvalue weighted by molar-refractivity contribution is 8.18. The highest BCUT2D eigenvalue weighted by atomic mass is 32.2. The van der Waals surface area contributed by atoms with Crippen LogP contribution >= 0.6 is 11.8 Å². The SMILES string of the molecule is C=C(C)Cn1cc(/C=C2/SC(=O)NC2=O)c2ccccc21. The number of allylic oxidation sites excluding steroid dienone is 1. The van der Waals surface area contributed by atoms with Crippen LogP contribution in [0.3, 0.4) is 0 Å². The van der Waals surface area contributed by atoms with Crippen molar-refractivity contribution in [1.29, 1.82) is 0 Å². The molecule has 0 bridgehead atoms. The lowest BCUT2D eigenvalue weighted by Gasteiger charge is -2.03. The standard InChI is InChI=1S/C16H14N2O2S/c1-10(2)8-18-9-11(12-5-3-4-6-13(12)18)7-14-15(19)17-16(20)21-14/h3-7,9H,1,8H2,2H3,(H,17,19,20)/b14-7+. The Morgan fingerprint density at radius 3 is 2.81 bits per heavy atom. The molecule has 4 nitrogen and oxygen atoms in total. The van der Waals surface area contributed by atoms with Crippen molar-refractivity contribution in [2.45, 2.75) is 13.5 Å². The van der Waals surface area contributed by atoms with Crippen LogP contribution in [0.4, 0.5) is 4.79 Å². The van der Waals surface area contributed by atoms with Crippen LogP contribution < -0.4 is 5.32 Å². The van der Waals surface area contributed by atoms with E-state index in [1.54, 1.807) is 6.08 Å². The summed E-state index contributed by atoms with van der Waals surface area (Å²) in [6, 6.07) is 7.99. The first-order valence-electron chi connectivity index (χ1n) is 6.52. The van der Waals surface area contributed by atoms with Gasteiger partial charge in [0.25, 0.3) is 11.1 Å². The Bertz CT molecular complexity index is 802. The van der Waals surface area contributed by atoms with Crippen LogP contribution in [0.5, 0.6) is 0 Å². The van der Waals surface area contributed by atoms with Crippen LogP contribution in [0.25, 0.3) is 17.0 Å². The number of nitrogens with one attached hydrogen (secondary N) is 1. The molecule has 5 heteroatoms. The molecular weight excluding hydrogens is 284 g/mol. The summed E-state index contributed by atoms with van der Waals surface area (Å²) in [6.07, 6.45) is 3.76. The molecule has 3 rings (SSSR count). The maximum absolute atomic E-state index is 11.7. The minimum absolute atomic E-state index is 0.322. The van der Waals surface area contributed by atoms with E-state index in [4.69, 9.17) is 0 Å². The smallest absolute Gasteiger partial charge is 0.290 e. The third-order valence-corrected chi connectivity index (χ3v) is 4.00. The van der Waals surface area contributed by atoms with Crippen molar-refractivity contribution in [2.75, 3.05) is 0 Å². The predicted molar refractivity (Wildman–Crippen MR) is 85.9 cm³/mol. The first kappa shape index (κ1) is 13.7. The van der Waals surface area contributed by atoms with E-state index in [1.807, 2.05) is 37.4 Å². The topological polar surface area (TPSA) is 51.1 Å². The summed E-state index contributed by atoms with van der Waals surface area (Å²) in [5.41, 5.74) is 3.07. The average Bonchev–Trinajstić information content (AvgIpc) is 2.91. The molecular formula is C16H14N2O2S. The normalized spacial score (nSPS) is 16.7. The zero-order valence-corrected chi connectivity index (χ0v) is 12.4. The van der Waals surface area contributed by atoms with E-state index in [9.17, 15) is 9.59 Å². The van der Waals surface area contributed by atoms with Gasteiger partial charge in [0.1, 0.15) is 0 Å². The van der Waals surface area contributed by atoms with Gasteiger partial charge in [0.15, 0.2) is 0 Å². The van der Waals surface area contributed by atoms with E-state index in [2.05, 4.69) is 16.5 Å². The highest BCUT2D eigenvalue weighted by Crippen LogP contribution is 2.29. The molecule has 2 heterocycles. The van der Waals surface area contributed by atoms with Gasteiger partial charge in [-0.1, -0.05) is 30.4 Å². The monoisotopic (exact) mass is 298 g/mol. The summed E-state index contributed by atoms with van der Waals surface area (Å²) in [6.45, 7) is 6.64. The summed E-state index contributed by atoms with van der Waals surface area (Å²) in [5.74, 6) is -0.332. The van der Waals surface area contributed by atoms with Crippen LogP contribution in [-0.4, -0.2) is 15.7 Å². The largest absolute Gasteiger partial charge is 0.343 e. The second-order valence-corrected chi connectivity index (χ2v) is 6.05. The van der Waals surface area contributed by atoms with Crippen molar-refractivity contribution in [3.8, 4) is 0 Å². The second kappa shape index (κ2) is 5.26. The van der Waals surface area contributed by atoms with Gasteiger partial charge in [-0.2, -0.15) is 0 Å². The lowest BCUT2D eigenvalue weighted by atomic mass is 10.1. The number of benzene rings is 1. The van der Waals surface area contributed by atoms with Crippen LogP contribution in [0, 0.1) is 0 Å². The maximum atomic E-state index is 11.7. The molecule has 1 aliphatic heterocycles. The summed E-state index contributed by atoms with van der Waals surface area (Å²) >= 11 is 0.935. The molecule has 0 aliphatic carbocycles. The number of rotatable bonds is 3. The van der Waals surface area contributed by atoms with Crippen LogP contribution in [0.2, 0.25) is 0 Å². The number of hydrogen-bond donors (Lipinski definition) is 1. The molecule has 1 fully saturated rings. The van der Waals surface area contributed by atoms with Crippen molar-refractivity contribution < 1.29 is 9.59 Å². The van der Waals surface area contributed by atoms with Crippen molar-refractivity contribution in [3.63, 3.8) is 0 Å². The fraction of sp³-hybridized carbons (Fsp3) is 0.125. The molecule has 0 saturated carbocycles. The number of carbonyl (C=O) groups excluding carboxylic acids is 2. The van der Waals surface area contributed by atoms with Crippen molar-refractivity contribution in [3.05, 3.63) is 53.1 Å². The lowest BCUT2D eigenvalue weighted by molar-refractivity contribution is -0.115. The Morgan fingerprint density at radius 2 is 2.14 bits per heavy atom. The second-order valence-electron chi connectivity index (χ2n) is 5.04. The van der Waals surface area contributed by atoms with Gasteiger partial charge in [0, 0.05) is 29.2 Å². The number of carbonyl (C=O) groups is 2. The van der Waals surface area contributed by atoms with Crippen molar-refractivity contribution in [1.82, 2.24) is 9.88 Å². The molecule has 0 spiro atoms. The average molecular weight is 298 g/mol. The predicted octanol–water partition coefficient (Wildman–Crippen LogP) is 3.54. The summed E-state index contributed by atoms with van der Waals surface area (Å²) in [4.78, 5) is 23.3. The summed E-state index contributed by atoms with van der Waals surface area (Å²) in [5, 5.41) is 3.00. The molecule has 1 saturated heterocycles. The Labute approximate surface area is 126 Å². The molecule has 0 unspecified atom stereocenters. The van der Waals surface area contributed by atoms with Gasteiger partial charge in [-0.15, -0.1) is 0 Å². The van der Waals surface area contributed by atoms with E-state index >= 15 is 0 Å². The van der Waals surface area contributed by atoms with Gasteiger partial charge in [-0.3, -0.25) is 14.9 Å². The number of nitrogens with zero attached hydrogens (tertiary/aromatic N) is 1. The molecule has 0 radical (unpaired) electrons. The Balaban J connectivity index is 2.11. The van der Waals surface area contributed by atoms with Gasteiger partial charge in [-0.25, -0.2) is 0 Å². The molecule has 0 atom stereocenters. The van der Waals surface area contributed by atoms with E-state index in [-0.39, 0.29) is 11.1 Å². The first-order chi connectivity index (χ1) is 10.0. The minimum atomic E-state index is -0.332. The van der Waals surface area contributed by atoms with Gasteiger partial charge in [0.2, 0.25) is 0 Å². The molecule has 1 aliphatic rings. The number of hydrogen-bond acceptors (Lipinski definition) is 3. The Morgan fingerprint density at radius 1 is 1.38 bits per heavy atom. The van der Waals surface area contributed by atoms with Gasteiger partial charge in [0.05, 0.1) is 4.91 Å². The molecule has 106 valence electrons. The zero-order chi connectivity index (χ0) is 15.0. The van der Waals surface area contributed by atoms with E-state index in [1.165, 1.54) is 0 Å². The maximum Gasteiger partial charge on any atom is 0.290 e. The van der Waals surface area contributed by atoms with E-state index < -0.39 is 0 Å². The van der Waals surface area contributed by atoms with Crippen LogP contribution in [0.1, 0.15) is 12.5 Å². The highest BCUT2D eigenvalue weighted by Gasteiger charge is 2.25. The Kier molecular flexibility index (Phi) is 3.43. The molecule has 21 heavy (non-hydrogen) atoms. The number of aromatic nitrogens is 1. The van der Waals surface area contributed by atoms with Gasteiger partial charge in [-0.05, 0) is 30.8 Å². The zero-order valence-electron chi connectivity index (χ0n) is 11.6. The lowest BCUT2D eigenvalue weighted by Crippen LogP contribution is -2.17. The Hall–Kier alpha value is -2.27. The first-order valence-corrected chi connectivity index (χ1v) is 7.33. The molecule has 2 aromatic rings. The fourth-order valence-corrected chi connectivity index (χ4v) is 3.05. The van der Waals surface area contributed by atoms with Gasteiger partial charge >= 0.3 is 0 Å². The molecule has 2 amide bonds. The van der Waals surface area contributed by atoms with Gasteiger partial charge < -0.3 is 4.57 Å². The van der Waals surface area contributed by atoms with Crippen LogP contribution in [-0.2, 0) is 11.3 Å². The van der Waals surface area contributed by atoms with Crippen molar-refractivity contribution >= 4 is 39.9 Å². The molecule has 1 aromatic heterocycles. The minimum Gasteiger partial charge on any atom is -0.343 e. The summed E-state index contributed by atoms with van der Waals surface area (Å²) in [7, 11) is 0. The number of para-hydroxylation sites is 1.